The summed E-state index contributed by atoms with van der Waals surface area (Å²) in [6.07, 6.45) is 0. The third-order valence-electron chi connectivity index (χ3n) is 4.14. The number of aromatic nitrogens is 2. The Kier molecular flexibility index (Phi) is 5.98. The number of amides is 1. The topological polar surface area (TPSA) is 116 Å². The zero-order valence-electron chi connectivity index (χ0n) is 15.6. The van der Waals surface area contributed by atoms with Crippen LogP contribution in [0.15, 0.2) is 65.5 Å². The molecule has 0 saturated heterocycles. The molecule has 0 unspecified atom stereocenters. The van der Waals surface area contributed by atoms with Crippen molar-refractivity contribution < 1.29 is 14.5 Å². The predicted molar refractivity (Wildman–Crippen MR) is 105 cm³/mol. The fourth-order valence-electron chi connectivity index (χ4n) is 2.67. The number of benzene rings is 2. The van der Waals surface area contributed by atoms with Crippen molar-refractivity contribution in [2.45, 2.75) is 13.1 Å². The van der Waals surface area contributed by atoms with Gasteiger partial charge in [0.2, 0.25) is 5.91 Å². The number of ether oxygens (including phenoxy) is 1. The second-order valence-electron chi connectivity index (χ2n) is 6.15. The van der Waals surface area contributed by atoms with Crippen molar-refractivity contribution in [3.8, 4) is 17.0 Å². The van der Waals surface area contributed by atoms with Crippen molar-refractivity contribution >= 4 is 11.6 Å². The van der Waals surface area contributed by atoms with Crippen LogP contribution in [0.5, 0.6) is 5.75 Å². The molecule has 1 aromatic heterocycles. The first-order valence-corrected chi connectivity index (χ1v) is 8.69. The normalized spacial score (nSPS) is 10.4. The van der Waals surface area contributed by atoms with Crippen molar-refractivity contribution in [1.82, 2.24) is 15.1 Å². The summed E-state index contributed by atoms with van der Waals surface area (Å²) in [5.41, 5.74) is 1.15. The molecule has 0 fully saturated rings. The van der Waals surface area contributed by atoms with Crippen molar-refractivity contribution in [2.75, 3.05) is 7.11 Å². The van der Waals surface area contributed by atoms with Crippen LogP contribution >= 0.6 is 0 Å². The average molecular weight is 394 g/mol. The standard InChI is InChI=1S/C20H18N4O5/c1-29-17-7-2-4-14(10-17)12-21-19(25)13-23-20(26)9-8-18(22-23)15-5-3-6-16(11-15)24(27)28/h2-11H,12-13H2,1H3,(H,21,25). The summed E-state index contributed by atoms with van der Waals surface area (Å²) in [4.78, 5) is 34.8. The summed E-state index contributed by atoms with van der Waals surface area (Å²) in [5, 5.41) is 17.8. The second-order valence-corrected chi connectivity index (χ2v) is 6.15. The average Bonchev–Trinajstić information content (AvgIpc) is 2.74. The van der Waals surface area contributed by atoms with Gasteiger partial charge in [-0.3, -0.25) is 19.7 Å². The smallest absolute Gasteiger partial charge is 0.270 e. The Hall–Kier alpha value is -4.01. The minimum Gasteiger partial charge on any atom is -0.497 e. The van der Waals surface area contributed by atoms with Crippen molar-refractivity contribution in [1.29, 1.82) is 0 Å². The molecule has 0 spiro atoms. The third-order valence-corrected chi connectivity index (χ3v) is 4.14. The fourth-order valence-corrected chi connectivity index (χ4v) is 2.67. The van der Waals surface area contributed by atoms with Crippen molar-refractivity contribution in [2.24, 2.45) is 0 Å². The minimum absolute atomic E-state index is 0.0851. The van der Waals surface area contributed by atoms with Crippen LogP contribution < -0.4 is 15.6 Å². The van der Waals surface area contributed by atoms with E-state index in [1.165, 1.54) is 30.3 Å². The van der Waals surface area contributed by atoms with Gasteiger partial charge in [0.15, 0.2) is 0 Å². The van der Waals surface area contributed by atoms with Crippen LogP contribution in [0.25, 0.3) is 11.3 Å². The van der Waals surface area contributed by atoms with Crippen LogP contribution in [0, 0.1) is 10.1 Å². The summed E-state index contributed by atoms with van der Waals surface area (Å²) in [7, 11) is 1.56. The number of hydrogen-bond donors (Lipinski definition) is 1. The molecule has 0 aliphatic rings. The maximum Gasteiger partial charge on any atom is 0.270 e. The molecular weight excluding hydrogens is 376 g/mol. The van der Waals surface area contributed by atoms with Gasteiger partial charge < -0.3 is 10.1 Å². The SMILES string of the molecule is COc1cccc(CNC(=O)Cn2nc(-c3cccc([N+](=O)[O-])c3)ccc2=O)c1. The van der Waals surface area contributed by atoms with E-state index in [9.17, 15) is 19.7 Å². The molecule has 0 aliphatic carbocycles. The van der Waals surface area contributed by atoms with E-state index in [-0.39, 0.29) is 18.8 Å². The van der Waals surface area contributed by atoms with E-state index in [4.69, 9.17) is 4.74 Å². The highest BCUT2D eigenvalue weighted by Crippen LogP contribution is 2.21. The molecule has 0 saturated carbocycles. The highest BCUT2D eigenvalue weighted by atomic mass is 16.6. The molecule has 2 aromatic carbocycles. The molecule has 1 heterocycles. The minimum atomic E-state index is -0.508. The Morgan fingerprint density at radius 1 is 1.17 bits per heavy atom. The quantitative estimate of drug-likeness (QED) is 0.485. The molecule has 9 heteroatoms. The Balaban J connectivity index is 1.73. The van der Waals surface area contributed by atoms with E-state index in [1.807, 2.05) is 12.1 Å². The van der Waals surface area contributed by atoms with Gasteiger partial charge in [0.05, 0.1) is 17.7 Å². The summed E-state index contributed by atoms with van der Waals surface area (Å²) in [6.45, 7) is 0.000916. The van der Waals surface area contributed by atoms with Crippen molar-refractivity contribution in [3.05, 3.63) is 86.7 Å². The summed E-state index contributed by atoms with van der Waals surface area (Å²) < 4.78 is 6.16. The Labute approximate surface area is 165 Å². The molecule has 0 bridgehead atoms. The summed E-state index contributed by atoms with van der Waals surface area (Å²) >= 11 is 0. The van der Waals surface area contributed by atoms with Crippen LogP contribution in [0.4, 0.5) is 5.69 Å². The van der Waals surface area contributed by atoms with Gasteiger partial charge in [0.25, 0.3) is 11.2 Å². The maximum atomic E-state index is 12.3. The second kappa shape index (κ2) is 8.79. The van der Waals surface area contributed by atoms with Gasteiger partial charge in [0.1, 0.15) is 12.3 Å². The van der Waals surface area contributed by atoms with Crippen LogP contribution in [0.3, 0.4) is 0 Å². The van der Waals surface area contributed by atoms with E-state index in [0.29, 0.717) is 17.0 Å². The van der Waals surface area contributed by atoms with E-state index in [2.05, 4.69) is 10.4 Å². The molecule has 1 N–H and O–H groups in total. The van der Waals surface area contributed by atoms with Crippen molar-refractivity contribution in [3.63, 3.8) is 0 Å². The van der Waals surface area contributed by atoms with Gasteiger partial charge in [-0.2, -0.15) is 5.10 Å². The zero-order valence-corrected chi connectivity index (χ0v) is 15.6. The number of carbonyl (C=O) groups is 1. The number of nitro benzene ring substituents is 1. The van der Waals surface area contributed by atoms with E-state index >= 15 is 0 Å². The Morgan fingerprint density at radius 2 is 1.97 bits per heavy atom. The molecule has 3 rings (SSSR count). The van der Waals surface area contributed by atoms with Gasteiger partial charge in [-0.15, -0.1) is 0 Å². The van der Waals surface area contributed by atoms with Gasteiger partial charge in [0, 0.05) is 30.3 Å². The van der Waals surface area contributed by atoms with Crippen LogP contribution in [0.1, 0.15) is 5.56 Å². The first-order valence-electron chi connectivity index (χ1n) is 8.69. The molecule has 3 aromatic rings. The monoisotopic (exact) mass is 394 g/mol. The molecular formula is C20H18N4O5. The fraction of sp³-hybridized carbons (Fsp3) is 0.150. The number of rotatable bonds is 7. The first-order chi connectivity index (χ1) is 14.0. The lowest BCUT2D eigenvalue weighted by atomic mass is 10.1. The van der Waals surface area contributed by atoms with Gasteiger partial charge in [-0.05, 0) is 23.8 Å². The zero-order chi connectivity index (χ0) is 20.8. The molecule has 0 aliphatic heterocycles. The third kappa shape index (κ3) is 5.04. The molecule has 1 amide bonds. The number of nitrogens with zero attached hydrogens (tertiary/aromatic N) is 3. The number of nitro groups is 1. The molecule has 0 radical (unpaired) electrons. The van der Waals surface area contributed by atoms with Gasteiger partial charge in [-0.25, -0.2) is 4.68 Å². The van der Waals surface area contributed by atoms with E-state index in [1.54, 1.807) is 25.3 Å². The highest BCUT2D eigenvalue weighted by molar-refractivity contribution is 5.75. The first kappa shape index (κ1) is 19.7. The lowest BCUT2D eigenvalue weighted by Gasteiger charge is -2.09. The maximum absolute atomic E-state index is 12.3. The Bertz CT molecular complexity index is 1110. The lowest BCUT2D eigenvalue weighted by Crippen LogP contribution is -2.33. The van der Waals surface area contributed by atoms with E-state index < -0.39 is 16.4 Å². The number of carbonyl (C=O) groups excluding carboxylic acids is 1. The summed E-state index contributed by atoms with van der Waals surface area (Å²) in [5.74, 6) is 0.290. The van der Waals surface area contributed by atoms with Gasteiger partial charge >= 0.3 is 0 Å². The van der Waals surface area contributed by atoms with E-state index in [0.717, 1.165) is 10.2 Å². The number of non-ortho nitro benzene ring substituents is 1. The number of nitrogens with one attached hydrogen (secondary N) is 1. The van der Waals surface area contributed by atoms with Crippen LogP contribution in [0.2, 0.25) is 0 Å². The number of hydrogen-bond acceptors (Lipinski definition) is 6. The largest absolute Gasteiger partial charge is 0.497 e. The predicted octanol–water partition coefficient (Wildman–Crippen LogP) is 2.14. The summed E-state index contributed by atoms with van der Waals surface area (Å²) in [6, 6.07) is 15.9. The lowest BCUT2D eigenvalue weighted by molar-refractivity contribution is -0.384. The van der Waals surface area contributed by atoms with Gasteiger partial charge in [-0.1, -0.05) is 24.3 Å². The molecule has 148 valence electrons. The van der Waals surface area contributed by atoms with Crippen LogP contribution in [-0.2, 0) is 17.9 Å². The Morgan fingerprint density at radius 3 is 2.72 bits per heavy atom. The molecule has 0 atom stereocenters. The molecule has 9 nitrogen and oxygen atoms in total. The molecule has 29 heavy (non-hydrogen) atoms. The van der Waals surface area contributed by atoms with Crippen LogP contribution in [-0.4, -0.2) is 27.7 Å². The number of methoxy groups -OCH3 is 1. The highest BCUT2D eigenvalue weighted by Gasteiger charge is 2.11.